The summed E-state index contributed by atoms with van der Waals surface area (Å²) in [6.07, 6.45) is 3.54. The number of aryl methyl sites for hydroxylation is 1. The average molecular weight is 234 g/mol. The Morgan fingerprint density at radius 1 is 1.47 bits per heavy atom. The van der Waals surface area contributed by atoms with Crippen LogP contribution in [0.2, 0.25) is 0 Å². The molecule has 0 fully saturated rings. The Morgan fingerprint density at radius 2 is 2.29 bits per heavy atom. The molecule has 0 saturated heterocycles. The van der Waals surface area contributed by atoms with E-state index in [4.69, 9.17) is 0 Å². The Kier molecular flexibility index (Phi) is 3.54. The van der Waals surface area contributed by atoms with E-state index in [0.29, 0.717) is 11.4 Å². The molecule has 2 rings (SSSR count). The van der Waals surface area contributed by atoms with Crippen LogP contribution in [0.4, 0.5) is 4.39 Å². The minimum absolute atomic E-state index is 0.352. The summed E-state index contributed by atoms with van der Waals surface area (Å²) in [7, 11) is 0. The molecular formula is C13H15FN2O. The van der Waals surface area contributed by atoms with E-state index in [9.17, 15) is 9.50 Å². The van der Waals surface area contributed by atoms with E-state index in [2.05, 4.69) is 11.9 Å². The number of benzene rings is 1. The van der Waals surface area contributed by atoms with Crippen molar-refractivity contribution in [2.75, 3.05) is 0 Å². The second-order valence-electron chi connectivity index (χ2n) is 3.94. The van der Waals surface area contributed by atoms with E-state index >= 15 is 0 Å². The van der Waals surface area contributed by atoms with Crippen LogP contribution in [0.5, 0.6) is 0 Å². The summed E-state index contributed by atoms with van der Waals surface area (Å²) in [5.74, 6) is 0.201. The predicted molar refractivity (Wildman–Crippen MR) is 63.0 cm³/mol. The fourth-order valence-electron chi connectivity index (χ4n) is 1.82. The van der Waals surface area contributed by atoms with Crippen molar-refractivity contribution < 1.29 is 9.50 Å². The van der Waals surface area contributed by atoms with Crippen LogP contribution in [0.3, 0.4) is 0 Å². The summed E-state index contributed by atoms with van der Waals surface area (Å²) in [4.78, 5) is 4.13. The molecule has 1 N–H and O–H groups in total. The maximum atomic E-state index is 13.1. The zero-order valence-corrected chi connectivity index (χ0v) is 9.68. The lowest BCUT2D eigenvalue weighted by molar-refractivity contribution is 0.204. The number of hydrogen-bond acceptors (Lipinski definition) is 2. The van der Waals surface area contributed by atoms with Crippen LogP contribution in [-0.2, 0) is 6.54 Å². The molecule has 0 radical (unpaired) electrons. The highest BCUT2D eigenvalue weighted by Crippen LogP contribution is 2.21. The Balaban J connectivity index is 2.30. The summed E-state index contributed by atoms with van der Waals surface area (Å²) >= 11 is 0. The van der Waals surface area contributed by atoms with Gasteiger partial charge in [0, 0.05) is 18.9 Å². The van der Waals surface area contributed by atoms with Gasteiger partial charge in [-0.15, -0.1) is 0 Å². The average Bonchev–Trinajstić information content (AvgIpc) is 2.77. The van der Waals surface area contributed by atoms with E-state index in [1.54, 1.807) is 18.3 Å². The van der Waals surface area contributed by atoms with Gasteiger partial charge < -0.3 is 9.67 Å². The molecular weight excluding hydrogens is 219 g/mol. The first-order chi connectivity index (χ1) is 8.22. The van der Waals surface area contributed by atoms with E-state index in [1.165, 1.54) is 12.1 Å². The molecule has 1 aromatic heterocycles. The van der Waals surface area contributed by atoms with Crippen molar-refractivity contribution in [3.05, 3.63) is 53.9 Å². The third kappa shape index (κ3) is 2.53. The fourth-order valence-corrected chi connectivity index (χ4v) is 1.82. The topological polar surface area (TPSA) is 38.0 Å². The molecule has 1 unspecified atom stereocenters. The highest BCUT2D eigenvalue weighted by atomic mass is 19.1. The first-order valence-electron chi connectivity index (χ1n) is 5.67. The van der Waals surface area contributed by atoms with Crippen LogP contribution in [0.15, 0.2) is 36.7 Å². The number of hydrogen-bond donors (Lipinski definition) is 1. The van der Waals surface area contributed by atoms with Gasteiger partial charge in [-0.25, -0.2) is 9.37 Å². The minimum Gasteiger partial charge on any atom is -0.380 e. The zero-order chi connectivity index (χ0) is 12.3. The molecule has 90 valence electrons. The molecule has 0 aliphatic rings. The number of aliphatic hydroxyl groups is 1. The largest absolute Gasteiger partial charge is 0.380 e. The highest BCUT2D eigenvalue weighted by Gasteiger charge is 2.16. The fraction of sp³-hybridized carbons (Fsp3) is 0.308. The van der Waals surface area contributed by atoms with Crippen molar-refractivity contribution in [1.29, 1.82) is 0 Å². The molecule has 0 aliphatic carbocycles. The molecule has 0 aliphatic heterocycles. The van der Waals surface area contributed by atoms with Gasteiger partial charge in [-0.2, -0.15) is 0 Å². The predicted octanol–water partition coefficient (Wildman–Crippen LogP) is 2.51. The summed E-state index contributed by atoms with van der Waals surface area (Å²) in [5.41, 5.74) is 0.522. The van der Waals surface area contributed by atoms with E-state index in [1.807, 2.05) is 10.8 Å². The quantitative estimate of drug-likeness (QED) is 0.882. The SMILES string of the molecule is CCCn1ccnc1C(O)c1cccc(F)c1. The molecule has 1 heterocycles. The molecule has 0 spiro atoms. The first-order valence-corrected chi connectivity index (χ1v) is 5.67. The number of halogens is 1. The highest BCUT2D eigenvalue weighted by molar-refractivity contribution is 5.23. The van der Waals surface area contributed by atoms with Gasteiger partial charge in [-0.3, -0.25) is 0 Å². The summed E-state index contributed by atoms with van der Waals surface area (Å²) in [6.45, 7) is 2.85. The monoisotopic (exact) mass is 234 g/mol. The van der Waals surface area contributed by atoms with Crippen LogP contribution < -0.4 is 0 Å². The number of nitrogens with zero attached hydrogens (tertiary/aromatic N) is 2. The van der Waals surface area contributed by atoms with E-state index < -0.39 is 6.10 Å². The molecule has 0 saturated carbocycles. The Morgan fingerprint density at radius 3 is 3.00 bits per heavy atom. The normalized spacial score (nSPS) is 12.6. The van der Waals surface area contributed by atoms with Crippen LogP contribution >= 0.6 is 0 Å². The smallest absolute Gasteiger partial charge is 0.142 e. The van der Waals surface area contributed by atoms with Gasteiger partial charge in [0.25, 0.3) is 0 Å². The van der Waals surface area contributed by atoms with Crippen LogP contribution in [0, 0.1) is 5.82 Å². The maximum Gasteiger partial charge on any atom is 0.142 e. The van der Waals surface area contributed by atoms with Crippen LogP contribution in [-0.4, -0.2) is 14.7 Å². The maximum absolute atomic E-state index is 13.1. The van der Waals surface area contributed by atoms with Gasteiger partial charge in [0.05, 0.1) is 0 Å². The number of imidazole rings is 1. The molecule has 3 nitrogen and oxygen atoms in total. The van der Waals surface area contributed by atoms with Crippen molar-refractivity contribution in [3.63, 3.8) is 0 Å². The molecule has 0 amide bonds. The van der Waals surface area contributed by atoms with Crippen molar-refractivity contribution in [1.82, 2.24) is 9.55 Å². The van der Waals surface area contributed by atoms with Gasteiger partial charge in [0.15, 0.2) is 0 Å². The van der Waals surface area contributed by atoms with Gasteiger partial charge in [0.1, 0.15) is 17.7 Å². The molecule has 0 bridgehead atoms. The number of aliphatic hydroxyl groups excluding tert-OH is 1. The van der Waals surface area contributed by atoms with Crippen molar-refractivity contribution in [2.24, 2.45) is 0 Å². The third-order valence-electron chi connectivity index (χ3n) is 2.62. The lowest BCUT2D eigenvalue weighted by Crippen LogP contribution is -2.09. The molecule has 4 heteroatoms. The second-order valence-corrected chi connectivity index (χ2v) is 3.94. The zero-order valence-electron chi connectivity index (χ0n) is 9.68. The van der Waals surface area contributed by atoms with Crippen LogP contribution in [0.25, 0.3) is 0 Å². The van der Waals surface area contributed by atoms with Crippen molar-refractivity contribution in [2.45, 2.75) is 26.0 Å². The standard InChI is InChI=1S/C13H15FN2O/c1-2-7-16-8-6-15-13(16)12(17)10-4-3-5-11(14)9-10/h3-6,8-9,12,17H,2,7H2,1H3. The summed E-state index contributed by atoms with van der Waals surface area (Å²) < 4.78 is 15.0. The lowest BCUT2D eigenvalue weighted by atomic mass is 10.1. The van der Waals surface area contributed by atoms with Crippen LogP contribution in [0.1, 0.15) is 30.8 Å². The molecule has 17 heavy (non-hydrogen) atoms. The summed E-state index contributed by atoms with van der Waals surface area (Å²) in [5, 5.41) is 10.2. The van der Waals surface area contributed by atoms with Gasteiger partial charge >= 0.3 is 0 Å². The van der Waals surface area contributed by atoms with E-state index in [-0.39, 0.29) is 5.82 Å². The number of rotatable bonds is 4. The third-order valence-corrected chi connectivity index (χ3v) is 2.62. The number of aromatic nitrogens is 2. The van der Waals surface area contributed by atoms with Gasteiger partial charge in [-0.05, 0) is 24.1 Å². The Bertz CT molecular complexity index is 496. The molecule has 1 aromatic carbocycles. The molecule has 2 aromatic rings. The summed E-state index contributed by atoms with van der Waals surface area (Å²) in [6, 6.07) is 5.96. The Labute approximate surface area is 99.5 Å². The van der Waals surface area contributed by atoms with E-state index in [0.717, 1.165) is 13.0 Å². The van der Waals surface area contributed by atoms with Gasteiger partial charge in [0.2, 0.25) is 0 Å². The molecule has 1 atom stereocenters. The Hall–Kier alpha value is -1.68. The minimum atomic E-state index is -0.882. The van der Waals surface area contributed by atoms with Crippen molar-refractivity contribution in [3.8, 4) is 0 Å². The lowest BCUT2D eigenvalue weighted by Gasteiger charge is -2.13. The second kappa shape index (κ2) is 5.10. The van der Waals surface area contributed by atoms with Gasteiger partial charge in [-0.1, -0.05) is 19.1 Å². The van der Waals surface area contributed by atoms with Crippen molar-refractivity contribution >= 4 is 0 Å². The first kappa shape index (κ1) is 11.8.